The quantitative estimate of drug-likeness (QED) is 0.463. The maximum absolute atomic E-state index is 10.1. The fourth-order valence-corrected chi connectivity index (χ4v) is 0.851. The first-order valence-electron chi connectivity index (χ1n) is 2.87. The van der Waals surface area contributed by atoms with Crippen LogP contribution in [0.3, 0.4) is 0 Å². The third-order valence-electron chi connectivity index (χ3n) is 1.60. The molecule has 0 spiro atoms. The van der Waals surface area contributed by atoms with Gasteiger partial charge in [0.25, 0.3) is 0 Å². The molecule has 46 valence electrons. The van der Waals surface area contributed by atoms with Crippen LogP contribution in [0.5, 0.6) is 0 Å². The highest BCUT2D eigenvalue weighted by atomic mass is 16.5. The van der Waals surface area contributed by atoms with Crippen molar-refractivity contribution in [2.75, 3.05) is 13.2 Å². The van der Waals surface area contributed by atoms with Crippen LogP contribution in [-0.2, 0) is 9.53 Å². The monoisotopic (exact) mass is 114 g/mol. The molecular formula is C6H10O2. The summed E-state index contributed by atoms with van der Waals surface area (Å²) >= 11 is 0. The molecule has 0 N–H and O–H groups in total. The van der Waals surface area contributed by atoms with Crippen LogP contribution in [0.1, 0.15) is 6.92 Å². The van der Waals surface area contributed by atoms with Crippen molar-refractivity contribution < 1.29 is 9.53 Å². The lowest BCUT2D eigenvalue weighted by Gasteiger charge is -2.00. The Bertz CT molecular complexity index is 90.5. The van der Waals surface area contributed by atoms with Gasteiger partial charge in [-0.05, 0) is 5.92 Å². The second-order valence-electron chi connectivity index (χ2n) is 2.31. The zero-order valence-electron chi connectivity index (χ0n) is 4.96. The minimum absolute atomic E-state index is 0.162. The largest absolute Gasteiger partial charge is 0.380 e. The van der Waals surface area contributed by atoms with Crippen molar-refractivity contribution in [1.29, 1.82) is 0 Å². The second-order valence-corrected chi connectivity index (χ2v) is 2.31. The van der Waals surface area contributed by atoms with E-state index in [1.807, 2.05) is 6.92 Å². The number of rotatable bonds is 1. The normalized spacial score (nSPS) is 37.6. The molecule has 2 atom stereocenters. The molecule has 0 aromatic carbocycles. The number of ether oxygens (including phenoxy) is 1. The van der Waals surface area contributed by atoms with E-state index in [1.165, 1.54) is 0 Å². The van der Waals surface area contributed by atoms with Crippen LogP contribution in [0.2, 0.25) is 0 Å². The van der Waals surface area contributed by atoms with E-state index in [9.17, 15) is 4.79 Å². The SMILES string of the molecule is CC1COCC1C=O. The smallest absolute Gasteiger partial charge is 0.125 e. The van der Waals surface area contributed by atoms with E-state index < -0.39 is 0 Å². The lowest BCUT2D eigenvalue weighted by atomic mass is 10.0. The van der Waals surface area contributed by atoms with Crippen molar-refractivity contribution in [2.45, 2.75) is 6.92 Å². The highest BCUT2D eigenvalue weighted by Crippen LogP contribution is 2.16. The first-order chi connectivity index (χ1) is 3.84. The topological polar surface area (TPSA) is 26.3 Å². The number of carbonyl (C=O) groups excluding carboxylic acids is 1. The molecule has 0 bridgehead atoms. The van der Waals surface area contributed by atoms with Crippen molar-refractivity contribution in [2.24, 2.45) is 11.8 Å². The second kappa shape index (κ2) is 2.27. The van der Waals surface area contributed by atoms with Crippen molar-refractivity contribution in [3.05, 3.63) is 0 Å². The summed E-state index contributed by atoms with van der Waals surface area (Å²) in [5.41, 5.74) is 0. The van der Waals surface area contributed by atoms with Gasteiger partial charge < -0.3 is 9.53 Å². The van der Waals surface area contributed by atoms with Crippen molar-refractivity contribution in [3.8, 4) is 0 Å². The summed E-state index contributed by atoms with van der Waals surface area (Å²) in [6.07, 6.45) is 0.984. The highest BCUT2D eigenvalue weighted by molar-refractivity contribution is 5.54. The lowest BCUT2D eigenvalue weighted by molar-refractivity contribution is -0.111. The molecule has 0 aromatic rings. The van der Waals surface area contributed by atoms with Crippen LogP contribution in [0.15, 0.2) is 0 Å². The number of aldehydes is 1. The van der Waals surface area contributed by atoms with E-state index in [0.717, 1.165) is 12.9 Å². The zero-order chi connectivity index (χ0) is 5.98. The van der Waals surface area contributed by atoms with Crippen LogP contribution in [0.4, 0.5) is 0 Å². The van der Waals surface area contributed by atoms with Gasteiger partial charge >= 0.3 is 0 Å². The van der Waals surface area contributed by atoms with Gasteiger partial charge in [0.05, 0.1) is 6.61 Å². The molecule has 8 heavy (non-hydrogen) atoms. The third kappa shape index (κ3) is 0.892. The Hall–Kier alpha value is -0.370. The molecule has 0 aromatic heterocycles. The predicted molar refractivity (Wildman–Crippen MR) is 29.5 cm³/mol. The molecule has 0 aliphatic carbocycles. The Kier molecular flexibility index (Phi) is 1.63. The van der Waals surface area contributed by atoms with Gasteiger partial charge in [-0.3, -0.25) is 0 Å². The average Bonchev–Trinajstić information content (AvgIpc) is 2.14. The van der Waals surface area contributed by atoms with Crippen LogP contribution < -0.4 is 0 Å². The molecule has 1 saturated heterocycles. The average molecular weight is 114 g/mol. The van der Waals surface area contributed by atoms with E-state index in [1.54, 1.807) is 0 Å². The van der Waals surface area contributed by atoms with Gasteiger partial charge in [-0.15, -0.1) is 0 Å². The Morgan fingerprint density at radius 1 is 1.62 bits per heavy atom. The maximum atomic E-state index is 10.1. The fourth-order valence-electron chi connectivity index (χ4n) is 0.851. The minimum atomic E-state index is 0.162. The number of hydrogen-bond acceptors (Lipinski definition) is 2. The van der Waals surface area contributed by atoms with Gasteiger partial charge in [-0.2, -0.15) is 0 Å². The molecule has 0 amide bonds. The van der Waals surface area contributed by atoms with Gasteiger partial charge in [0, 0.05) is 12.5 Å². The molecule has 1 heterocycles. The van der Waals surface area contributed by atoms with Gasteiger partial charge in [-0.1, -0.05) is 6.92 Å². The first kappa shape index (κ1) is 5.76. The standard InChI is InChI=1S/C6H10O2/c1-5-3-8-4-6(5)2-7/h2,5-6H,3-4H2,1H3. The molecule has 2 nitrogen and oxygen atoms in total. The van der Waals surface area contributed by atoms with Gasteiger partial charge in [0.1, 0.15) is 6.29 Å². The molecule has 2 unspecified atom stereocenters. The number of hydrogen-bond donors (Lipinski definition) is 0. The van der Waals surface area contributed by atoms with E-state index in [4.69, 9.17) is 4.74 Å². The summed E-state index contributed by atoms with van der Waals surface area (Å²) in [7, 11) is 0. The van der Waals surface area contributed by atoms with E-state index in [-0.39, 0.29) is 5.92 Å². The molecule has 1 rings (SSSR count). The molecule has 1 fully saturated rings. The van der Waals surface area contributed by atoms with Gasteiger partial charge in [0.2, 0.25) is 0 Å². The van der Waals surface area contributed by atoms with E-state index in [0.29, 0.717) is 12.5 Å². The Morgan fingerprint density at radius 2 is 2.38 bits per heavy atom. The van der Waals surface area contributed by atoms with Gasteiger partial charge in [0.15, 0.2) is 0 Å². The van der Waals surface area contributed by atoms with Crippen LogP contribution >= 0.6 is 0 Å². The molecule has 2 heteroatoms. The molecule has 1 aliphatic rings. The number of carbonyl (C=O) groups is 1. The van der Waals surface area contributed by atoms with Gasteiger partial charge in [-0.25, -0.2) is 0 Å². The summed E-state index contributed by atoms with van der Waals surface area (Å²) in [6.45, 7) is 3.42. The fraction of sp³-hybridized carbons (Fsp3) is 0.833. The zero-order valence-corrected chi connectivity index (χ0v) is 4.96. The lowest BCUT2D eigenvalue weighted by Crippen LogP contribution is -2.08. The first-order valence-corrected chi connectivity index (χ1v) is 2.87. The summed E-state index contributed by atoms with van der Waals surface area (Å²) in [5.74, 6) is 0.600. The van der Waals surface area contributed by atoms with Crippen molar-refractivity contribution in [1.82, 2.24) is 0 Å². The third-order valence-corrected chi connectivity index (χ3v) is 1.60. The van der Waals surface area contributed by atoms with Crippen LogP contribution in [-0.4, -0.2) is 19.5 Å². The molecule has 0 saturated carbocycles. The summed E-state index contributed by atoms with van der Waals surface area (Å²) < 4.78 is 5.03. The Morgan fingerprint density at radius 3 is 2.62 bits per heavy atom. The maximum Gasteiger partial charge on any atom is 0.125 e. The van der Waals surface area contributed by atoms with Crippen molar-refractivity contribution in [3.63, 3.8) is 0 Å². The Balaban J connectivity index is 2.41. The summed E-state index contributed by atoms with van der Waals surface area (Å²) in [5, 5.41) is 0. The van der Waals surface area contributed by atoms with Crippen LogP contribution in [0.25, 0.3) is 0 Å². The predicted octanol–water partition coefficient (Wildman–Crippen LogP) is 0.468. The molecule has 1 aliphatic heterocycles. The molecule has 0 radical (unpaired) electrons. The molecular weight excluding hydrogens is 104 g/mol. The summed E-state index contributed by atoms with van der Waals surface area (Å²) in [4.78, 5) is 10.1. The van der Waals surface area contributed by atoms with Crippen molar-refractivity contribution >= 4 is 6.29 Å². The Labute approximate surface area is 48.8 Å². The van der Waals surface area contributed by atoms with E-state index >= 15 is 0 Å². The minimum Gasteiger partial charge on any atom is -0.380 e. The highest BCUT2D eigenvalue weighted by Gasteiger charge is 2.22. The van der Waals surface area contributed by atoms with Crippen LogP contribution in [0, 0.1) is 11.8 Å². The summed E-state index contributed by atoms with van der Waals surface area (Å²) in [6, 6.07) is 0. The van der Waals surface area contributed by atoms with E-state index in [2.05, 4.69) is 0 Å².